The summed E-state index contributed by atoms with van der Waals surface area (Å²) in [7, 11) is -0.628. The molecule has 0 aliphatic heterocycles. The van der Waals surface area contributed by atoms with Crippen molar-refractivity contribution < 1.29 is 8.42 Å². The molecule has 7 nitrogen and oxygen atoms in total. The second-order valence-corrected chi connectivity index (χ2v) is 6.00. The van der Waals surface area contributed by atoms with Crippen LogP contribution in [0.25, 0.3) is 0 Å². The number of nitrogens with one attached hydrogen (secondary N) is 2. The lowest BCUT2D eigenvalue weighted by molar-refractivity contribution is 0.526. The maximum atomic E-state index is 11.5. The highest BCUT2D eigenvalue weighted by Crippen LogP contribution is 2.23. The summed E-state index contributed by atoms with van der Waals surface area (Å²) >= 11 is 0. The molecule has 1 aromatic heterocycles. The van der Waals surface area contributed by atoms with Crippen molar-refractivity contribution in [2.75, 3.05) is 24.1 Å². The highest BCUT2D eigenvalue weighted by atomic mass is 32.2. The van der Waals surface area contributed by atoms with E-state index < -0.39 is 10.2 Å². The number of nitrogens with zero attached hydrogens (tertiary/aromatic N) is 3. The summed E-state index contributed by atoms with van der Waals surface area (Å²) in [5, 5.41) is 10.9. The van der Waals surface area contributed by atoms with Crippen molar-refractivity contribution in [1.29, 1.82) is 0 Å². The summed E-state index contributed by atoms with van der Waals surface area (Å²) in [4.78, 5) is 0. The molecule has 1 heterocycles. The number of aromatic nitrogens is 2. The third-order valence-corrected chi connectivity index (χ3v) is 3.74. The average Bonchev–Trinajstić information content (AvgIpc) is 3.04. The van der Waals surface area contributed by atoms with Crippen molar-refractivity contribution in [3.8, 4) is 0 Å². The largest absolute Gasteiger partial charge is 0.366 e. The van der Waals surface area contributed by atoms with E-state index >= 15 is 0 Å². The second kappa shape index (κ2) is 4.46. The van der Waals surface area contributed by atoms with Crippen molar-refractivity contribution in [2.45, 2.75) is 18.9 Å². The Labute approximate surface area is 100 Å². The average molecular weight is 257 g/mol. The van der Waals surface area contributed by atoms with Gasteiger partial charge in [-0.15, -0.1) is 10.2 Å². The number of rotatable bonds is 5. The van der Waals surface area contributed by atoms with Gasteiger partial charge >= 0.3 is 10.2 Å². The van der Waals surface area contributed by atoms with E-state index in [1.54, 1.807) is 12.1 Å². The van der Waals surface area contributed by atoms with Gasteiger partial charge in [0.15, 0.2) is 5.82 Å². The molecule has 0 amide bonds. The highest BCUT2D eigenvalue weighted by Gasteiger charge is 2.21. The summed E-state index contributed by atoms with van der Waals surface area (Å²) in [6, 6.07) is 3.78. The van der Waals surface area contributed by atoms with E-state index in [0.29, 0.717) is 11.9 Å². The van der Waals surface area contributed by atoms with E-state index in [1.807, 2.05) is 0 Å². The van der Waals surface area contributed by atoms with Gasteiger partial charge in [0.2, 0.25) is 0 Å². The quantitative estimate of drug-likeness (QED) is 0.790. The molecule has 17 heavy (non-hydrogen) atoms. The summed E-state index contributed by atoms with van der Waals surface area (Å²) in [6.45, 7) is 0. The molecule has 0 unspecified atom stereocenters. The Kier molecular flexibility index (Phi) is 3.16. The molecular formula is C9H15N5O2S. The molecule has 0 aromatic carbocycles. The van der Waals surface area contributed by atoms with Crippen LogP contribution in [0.5, 0.6) is 0 Å². The summed E-state index contributed by atoms with van der Waals surface area (Å²) in [5.41, 5.74) is 0. The maximum absolute atomic E-state index is 11.5. The zero-order chi connectivity index (χ0) is 12.5. The topological polar surface area (TPSA) is 87.2 Å². The molecule has 8 heteroatoms. The second-order valence-electron chi connectivity index (χ2n) is 4.11. The molecule has 94 valence electrons. The van der Waals surface area contributed by atoms with Crippen LogP contribution < -0.4 is 10.0 Å². The molecule has 0 radical (unpaired) electrons. The monoisotopic (exact) mass is 257 g/mol. The van der Waals surface area contributed by atoms with E-state index in [4.69, 9.17) is 0 Å². The van der Waals surface area contributed by atoms with Gasteiger partial charge < -0.3 is 5.32 Å². The Hall–Kier alpha value is -1.41. The third-order valence-electron chi connectivity index (χ3n) is 2.31. The van der Waals surface area contributed by atoms with Gasteiger partial charge in [-0.1, -0.05) is 0 Å². The van der Waals surface area contributed by atoms with Gasteiger partial charge in [-0.2, -0.15) is 12.7 Å². The highest BCUT2D eigenvalue weighted by molar-refractivity contribution is 7.90. The van der Waals surface area contributed by atoms with E-state index in [1.165, 1.54) is 14.1 Å². The standard InChI is InChI=1S/C9H15N5O2S/c1-14(2)17(15,16)13-9-6-5-8(11-12-9)10-7-3-4-7/h5-7H,3-4H2,1-2H3,(H,10,11)(H,12,13). The fourth-order valence-corrected chi connectivity index (χ4v) is 1.68. The van der Waals surface area contributed by atoms with Gasteiger partial charge in [-0.25, -0.2) is 0 Å². The van der Waals surface area contributed by atoms with Crippen LogP contribution in [0.1, 0.15) is 12.8 Å². The first-order chi connectivity index (χ1) is 7.97. The van der Waals surface area contributed by atoms with Crippen molar-refractivity contribution >= 4 is 21.8 Å². The van der Waals surface area contributed by atoms with Crippen LogP contribution in [0.3, 0.4) is 0 Å². The van der Waals surface area contributed by atoms with Gasteiger partial charge in [-0.05, 0) is 25.0 Å². The minimum Gasteiger partial charge on any atom is -0.366 e. The van der Waals surface area contributed by atoms with Crippen LogP contribution in [0.15, 0.2) is 12.1 Å². The number of anilines is 2. The van der Waals surface area contributed by atoms with E-state index in [9.17, 15) is 8.42 Å². The summed E-state index contributed by atoms with van der Waals surface area (Å²) in [6.07, 6.45) is 2.30. The van der Waals surface area contributed by atoms with Crippen molar-refractivity contribution in [3.05, 3.63) is 12.1 Å². The van der Waals surface area contributed by atoms with Gasteiger partial charge in [0.25, 0.3) is 0 Å². The lowest BCUT2D eigenvalue weighted by Crippen LogP contribution is -2.29. The first kappa shape index (κ1) is 12.1. The molecule has 0 spiro atoms. The first-order valence-electron chi connectivity index (χ1n) is 5.28. The van der Waals surface area contributed by atoms with Gasteiger partial charge in [-0.3, -0.25) is 4.72 Å². The molecule has 0 atom stereocenters. The van der Waals surface area contributed by atoms with Crippen molar-refractivity contribution in [3.63, 3.8) is 0 Å². The minimum absolute atomic E-state index is 0.208. The third kappa shape index (κ3) is 3.27. The number of hydrogen-bond donors (Lipinski definition) is 2. The van der Waals surface area contributed by atoms with Crippen molar-refractivity contribution in [2.24, 2.45) is 0 Å². The van der Waals surface area contributed by atoms with Gasteiger partial charge in [0, 0.05) is 20.1 Å². The molecule has 1 aliphatic carbocycles. The maximum Gasteiger partial charge on any atom is 0.302 e. The van der Waals surface area contributed by atoms with Crippen molar-refractivity contribution in [1.82, 2.24) is 14.5 Å². The van der Waals surface area contributed by atoms with E-state index in [2.05, 4.69) is 20.2 Å². The van der Waals surface area contributed by atoms with Crippen LogP contribution in [0, 0.1) is 0 Å². The lowest BCUT2D eigenvalue weighted by Gasteiger charge is -2.12. The predicted molar refractivity (Wildman–Crippen MR) is 64.9 cm³/mol. The fourth-order valence-electron chi connectivity index (χ4n) is 1.12. The Morgan fingerprint density at radius 1 is 1.24 bits per heavy atom. The first-order valence-corrected chi connectivity index (χ1v) is 6.72. The normalized spacial score (nSPS) is 15.9. The Balaban J connectivity index is 2.02. The zero-order valence-electron chi connectivity index (χ0n) is 9.71. The molecule has 1 fully saturated rings. The van der Waals surface area contributed by atoms with Crippen LogP contribution in [-0.4, -0.2) is 43.1 Å². The molecule has 0 saturated heterocycles. The molecule has 2 N–H and O–H groups in total. The molecular weight excluding hydrogens is 242 g/mol. The van der Waals surface area contributed by atoms with E-state index in [-0.39, 0.29) is 5.82 Å². The van der Waals surface area contributed by atoms with Crippen LogP contribution in [0.2, 0.25) is 0 Å². The molecule has 1 aromatic rings. The van der Waals surface area contributed by atoms with Crippen LogP contribution in [-0.2, 0) is 10.2 Å². The SMILES string of the molecule is CN(C)S(=O)(=O)Nc1ccc(NC2CC2)nn1. The van der Waals surface area contributed by atoms with Gasteiger partial charge in [0.05, 0.1) is 0 Å². The smallest absolute Gasteiger partial charge is 0.302 e. The fraction of sp³-hybridized carbons (Fsp3) is 0.556. The van der Waals surface area contributed by atoms with Crippen LogP contribution in [0.4, 0.5) is 11.6 Å². The molecule has 1 saturated carbocycles. The molecule has 2 rings (SSSR count). The molecule has 1 aliphatic rings. The Morgan fingerprint density at radius 2 is 1.82 bits per heavy atom. The minimum atomic E-state index is -3.51. The summed E-state index contributed by atoms with van der Waals surface area (Å²) < 4.78 is 26.4. The summed E-state index contributed by atoms with van der Waals surface area (Å²) in [5.74, 6) is 0.875. The van der Waals surface area contributed by atoms with Crippen LogP contribution >= 0.6 is 0 Å². The Bertz CT molecular complexity index is 481. The lowest BCUT2D eigenvalue weighted by atomic mass is 10.5. The number of hydrogen-bond acceptors (Lipinski definition) is 5. The zero-order valence-corrected chi connectivity index (χ0v) is 10.5. The molecule has 0 bridgehead atoms. The van der Waals surface area contributed by atoms with Gasteiger partial charge in [0.1, 0.15) is 5.82 Å². The Morgan fingerprint density at radius 3 is 2.29 bits per heavy atom. The predicted octanol–water partition coefficient (Wildman–Crippen LogP) is 0.269. The van der Waals surface area contributed by atoms with E-state index in [0.717, 1.165) is 17.1 Å².